The summed E-state index contributed by atoms with van der Waals surface area (Å²) in [6.07, 6.45) is 2.23. The van der Waals surface area contributed by atoms with Crippen LogP contribution in [0.2, 0.25) is 0 Å². The molecule has 23 nitrogen and oxygen atoms in total. The van der Waals surface area contributed by atoms with Gasteiger partial charge >= 0.3 is 12.1 Å². The van der Waals surface area contributed by atoms with Crippen LogP contribution < -0.4 is 27.0 Å². The first kappa shape index (κ1) is 43.8. The zero-order chi connectivity index (χ0) is 43.6. The zero-order valence-electron chi connectivity index (χ0n) is 29.5. The highest BCUT2D eigenvalue weighted by molar-refractivity contribution is 7.94. The Hall–Kier alpha value is -6.30. The number of aromatic nitrogens is 3. The second-order valence-electron chi connectivity index (χ2n) is 12.1. The third kappa shape index (κ3) is 11.2. The lowest BCUT2D eigenvalue weighted by atomic mass is 9.99. The Morgan fingerprint density at radius 2 is 1.59 bits per heavy atom. The van der Waals surface area contributed by atoms with Gasteiger partial charge in [-0.1, -0.05) is 18.7 Å². The number of sulfone groups is 1. The van der Waals surface area contributed by atoms with Crippen molar-refractivity contribution in [1.29, 1.82) is 0 Å². The second-order valence-corrected chi connectivity index (χ2v) is 18.4. The third-order valence-electron chi connectivity index (χ3n) is 7.86. The normalized spacial score (nSPS) is 16.0. The lowest BCUT2D eigenvalue weighted by Crippen LogP contribution is -2.55. The van der Waals surface area contributed by atoms with Gasteiger partial charge in [0.2, 0.25) is 11.9 Å². The molecule has 0 saturated heterocycles. The lowest BCUT2D eigenvalue weighted by Gasteiger charge is -2.33. The molecule has 4 aromatic rings. The molecule has 0 radical (unpaired) electrons. The number of primary amides is 1. The molecule has 1 heterocycles. The number of allylic oxidation sites excluding steroid dienone is 1. The van der Waals surface area contributed by atoms with Gasteiger partial charge in [0, 0.05) is 35.0 Å². The predicted molar refractivity (Wildman–Crippen MR) is 205 cm³/mol. The fourth-order valence-electron chi connectivity index (χ4n) is 5.24. The lowest BCUT2D eigenvalue weighted by molar-refractivity contribution is 0.0956. The summed E-state index contributed by atoms with van der Waals surface area (Å²) in [5, 5.41) is 17.8. The molecule has 0 spiro atoms. The largest absolute Gasteiger partial charge is 0.352 e. The van der Waals surface area contributed by atoms with Gasteiger partial charge in [-0.2, -0.15) is 49.7 Å². The molecule has 3 aromatic carbocycles. The van der Waals surface area contributed by atoms with Gasteiger partial charge < -0.3 is 27.0 Å². The Kier molecular flexibility index (Phi) is 12.3. The van der Waals surface area contributed by atoms with Crippen molar-refractivity contribution in [2.24, 2.45) is 16.0 Å². The number of carbonyl (C=O) groups excluding carboxylic acids is 2. The maximum absolute atomic E-state index is 14.7. The molecule has 0 fully saturated rings. The van der Waals surface area contributed by atoms with Crippen LogP contribution in [-0.4, -0.2) is 92.2 Å². The second kappa shape index (κ2) is 16.5. The number of fused-ring (bicyclic) bond motifs is 1. The van der Waals surface area contributed by atoms with Crippen molar-refractivity contribution >= 4 is 86.2 Å². The maximum Gasteiger partial charge on any atom is 0.315 e. The first-order valence-corrected chi connectivity index (χ1v) is 22.0. The van der Waals surface area contributed by atoms with Crippen LogP contribution in [0.25, 0.3) is 10.8 Å². The molecule has 1 atom stereocenters. The van der Waals surface area contributed by atoms with Crippen LogP contribution in [0.4, 0.5) is 32.5 Å². The molecule has 59 heavy (non-hydrogen) atoms. The quantitative estimate of drug-likeness (QED) is 0.0482. The van der Waals surface area contributed by atoms with E-state index in [4.69, 9.17) is 5.73 Å². The third-order valence-corrected chi connectivity index (χ3v) is 11.8. The number of anilines is 3. The fourth-order valence-corrected chi connectivity index (χ4v) is 7.78. The number of nitrogens with two attached hydrogens (primary N) is 1. The number of benzene rings is 3. The zero-order valence-corrected chi connectivity index (χ0v) is 32.8. The number of hydrogen-bond donors (Lipinski definition) is 8. The summed E-state index contributed by atoms with van der Waals surface area (Å²) in [4.78, 5) is 32.8. The smallest absolute Gasteiger partial charge is 0.315 e. The van der Waals surface area contributed by atoms with Crippen molar-refractivity contribution < 1.29 is 61.3 Å². The number of halogens is 1. The molecule has 0 saturated carbocycles. The highest BCUT2D eigenvalue weighted by Crippen LogP contribution is 2.36. The molecule has 0 aliphatic heterocycles. The molecule has 9 N–H and O–H groups in total. The van der Waals surface area contributed by atoms with E-state index >= 15 is 0 Å². The predicted octanol–water partition coefficient (Wildman–Crippen LogP) is 2.34. The Labute approximate surface area is 333 Å². The summed E-state index contributed by atoms with van der Waals surface area (Å²) in [6.45, 7) is 3.00. The summed E-state index contributed by atoms with van der Waals surface area (Å²) in [6, 6.07) is 7.14. The van der Waals surface area contributed by atoms with E-state index < -0.39 is 101 Å². The summed E-state index contributed by atoms with van der Waals surface area (Å²) in [5.74, 6) is -1.81. The van der Waals surface area contributed by atoms with Gasteiger partial charge in [0.15, 0.2) is 9.84 Å². The van der Waals surface area contributed by atoms with Gasteiger partial charge in [0.1, 0.15) is 21.1 Å². The number of hydrogen-bond acceptors (Lipinski definition) is 17. The van der Waals surface area contributed by atoms with E-state index in [9.17, 15) is 61.3 Å². The average Bonchev–Trinajstić information content (AvgIpc) is 3.12. The first-order chi connectivity index (χ1) is 27.4. The number of urea groups is 1. The van der Waals surface area contributed by atoms with Crippen molar-refractivity contribution in [3.8, 4) is 0 Å². The van der Waals surface area contributed by atoms with Gasteiger partial charge in [-0.15, -0.1) is 5.11 Å². The monoisotopic (exact) mass is 896 g/mol. The van der Waals surface area contributed by atoms with Crippen LogP contribution in [-0.2, 0) is 40.2 Å². The fraction of sp³-hybridized carbons (Fsp3) is 0.129. The minimum atomic E-state index is -5.20. The number of nitrogens with zero attached hydrogens (tertiary/aromatic N) is 5. The van der Waals surface area contributed by atoms with Crippen LogP contribution in [0.1, 0.15) is 16.8 Å². The molecular weight excluding hydrogens is 868 g/mol. The molecule has 5 rings (SSSR count). The Bertz CT molecular complexity index is 2960. The van der Waals surface area contributed by atoms with E-state index in [1.807, 2.05) is 0 Å². The molecule has 3 amide bonds. The molecule has 0 bridgehead atoms. The highest BCUT2D eigenvalue weighted by atomic mass is 32.2. The molecular formula is C31H29FN10O13S4. The van der Waals surface area contributed by atoms with Gasteiger partial charge in [-0.25, -0.2) is 13.2 Å². The van der Waals surface area contributed by atoms with E-state index in [1.54, 1.807) is 0 Å². The van der Waals surface area contributed by atoms with Gasteiger partial charge in [0.25, 0.3) is 36.3 Å². The number of rotatable bonds is 15. The van der Waals surface area contributed by atoms with Crippen molar-refractivity contribution in [2.45, 2.75) is 26.8 Å². The summed E-state index contributed by atoms with van der Waals surface area (Å²) in [7, 11) is -19.0. The van der Waals surface area contributed by atoms with E-state index in [2.05, 4.69) is 53.0 Å². The standard InChI is InChI=1S/C31H29FN10O13S4/c1-2-56(45,46)11-10-34-26(43)17-4-3-5-20(12-17)35-29-36-27(32)37-30(38-29)40-31(39-28(33)44)8-6-19(7-9-31)41-42-23-16-22-18(14-25(23)59(53,54)55)13-21(57(47,48)49)15-24(22)58(50,51)52/h2-8,12-16H,1,9-11H2,(H,34,43)(H3,33,39,44)(H,47,48,49)(H,50,51,52)(H,53,54,55)(H2,35,36,37,38,40). The minimum absolute atomic E-state index is 0.0396. The van der Waals surface area contributed by atoms with Crippen molar-refractivity contribution in [3.05, 3.63) is 96.1 Å². The van der Waals surface area contributed by atoms with Crippen molar-refractivity contribution in [3.63, 3.8) is 0 Å². The number of amides is 3. The highest BCUT2D eigenvalue weighted by Gasteiger charge is 2.32. The molecule has 1 aliphatic rings. The van der Waals surface area contributed by atoms with Crippen LogP contribution in [0.5, 0.6) is 0 Å². The Morgan fingerprint density at radius 1 is 0.898 bits per heavy atom. The summed E-state index contributed by atoms with van der Waals surface area (Å²) >= 11 is 0. The van der Waals surface area contributed by atoms with Crippen LogP contribution >= 0.6 is 0 Å². The van der Waals surface area contributed by atoms with Crippen LogP contribution in [0.15, 0.2) is 109 Å². The number of carbonyl (C=O) groups is 2. The maximum atomic E-state index is 14.7. The molecule has 1 aromatic heterocycles. The number of azo groups is 1. The topological polar surface area (TPSA) is 369 Å². The number of nitrogens with one attached hydrogen (secondary N) is 4. The van der Waals surface area contributed by atoms with E-state index in [0.717, 1.165) is 11.5 Å². The molecule has 312 valence electrons. The van der Waals surface area contributed by atoms with Crippen molar-refractivity contribution in [1.82, 2.24) is 25.6 Å². The van der Waals surface area contributed by atoms with Crippen molar-refractivity contribution in [2.75, 3.05) is 22.9 Å². The van der Waals surface area contributed by atoms with Gasteiger partial charge in [-0.05, 0) is 60.0 Å². The van der Waals surface area contributed by atoms with Gasteiger partial charge in [0.05, 0.1) is 16.3 Å². The van der Waals surface area contributed by atoms with Crippen LogP contribution in [0, 0.1) is 6.08 Å². The summed E-state index contributed by atoms with van der Waals surface area (Å²) in [5.41, 5.74) is 3.29. The SMILES string of the molecule is C=CS(=O)(=O)CCNC(=O)c1cccc(Nc2nc(F)nc(NC3(NC(N)=O)C=CC(N=Nc4cc5c(S(=O)(=O)O)cc(S(=O)(=O)O)cc5cc4S(=O)(=O)O)=CC3)n2)c1. The van der Waals surface area contributed by atoms with E-state index in [1.165, 1.54) is 42.5 Å². The average molecular weight is 897 g/mol. The molecule has 1 unspecified atom stereocenters. The van der Waals surface area contributed by atoms with Gasteiger partial charge in [-0.3, -0.25) is 18.5 Å². The van der Waals surface area contributed by atoms with Crippen LogP contribution in [0.3, 0.4) is 0 Å². The Balaban J connectivity index is 1.40. The Morgan fingerprint density at radius 3 is 2.20 bits per heavy atom. The minimum Gasteiger partial charge on any atom is -0.352 e. The van der Waals surface area contributed by atoms with E-state index in [0.29, 0.717) is 18.2 Å². The summed E-state index contributed by atoms with van der Waals surface area (Å²) < 4.78 is 139. The molecule has 28 heteroatoms. The van der Waals surface area contributed by atoms with E-state index in [-0.39, 0.29) is 41.6 Å². The molecule has 1 aliphatic carbocycles. The first-order valence-electron chi connectivity index (χ1n) is 16.0.